The first kappa shape index (κ1) is 28.9. The number of hydrogen-bond donors (Lipinski definition) is 0. The Labute approximate surface area is 256 Å². The highest BCUT2D eigenvalue weighted by molar-refractivity contribution is 6.02. The molecule has 2 aromatic heterocycles. The van der Waals surface area contributed by atoms with Crippen LogP contribution in [0.25, 0.3) is 32.9 Å². The lowest BCUT2D eigenvalue weighted by Gasteiger charge is -2.35. The van der Waals surface area contributed by atoms with Crippen molar-refractivity contribution in [3.05, 3.63) is 53.7 Å². The number of pyridine rings is 1. The Kier molecular flexibility index (Phi) is 7.59. The second-order valence-corrected chi connectivity index (χ2v) is 12.6. The second-order valence-electron chi connectivity index (χ2n) is 12.6. The first-order valence-electron chi connectivity index (χ1n) is 15.6. The summed E-state index contributed by atoms with van der Waals surface area (Å²) in [6.07, 6.45) is 13.7. The molecule has 0 saturated carbocycles. The minimum absolute atomic E-state index is 0.0616. The molecule has 0 radical (unpaired) electrons. The molecule has 228 valence electrons. The van der Waals surface area contributed by atoms with Crippen LogP contribution >= 0.6 is 0 Å². The first-order chi connectivity index (χ1) is 21.4. The highest BCUT2D eigenvalue weighted by atomic mass is 19.1. The summed E-state index contributed by atoms with van der Waals surface area (Å²) < 4.78 is 43.4. The number of terminal acetylenes is 1. The summed E-state index contributed by atoms with van der Waals surface area (Å²) in [6.45, 7) is 5.98. The molecule has 44 heavy (non-hydrogen) atoms. The standard InChI is InChI=1S/C35H37F2N5O2/c1-4-25-28(36)12-11-23-9-5-10-26(29(23)25)31-30(37)32-27(18-38-31)33(41-16-6-8-22(2)19-41)40-34(39-32)44-21-35-14-7-17-42(35)24(13-15-35)20-43-3/h1,5,9-12,18,22,24H,6-8,13-17,19-21H2,2-3H3/t22?,24-,35?/m1/s1. The molecule has 3 aliphatic rings. The molecular formula is C35H37F2N5O2. The molecule has 0 bridgehead atoms. The highest BCUT2D eigenvalue weighted by Crippen LogP contribution is 2.43. The highest BCUT2D eigenvalue weighted by Gasteiger charge is 2.49. The zero-order valence-corrected chi connectivity index (χ0v) is 25.3. The minimum Gasteiger partial charge on any atom is -0.461 e. The third-order valence-electron chi connectivity index (χ3n) is 9.86. The van der Waals surface area contributed by atoms with Gasteiger partial charge in [0.1, 0.15) is 29.5 Å². The third-order valence-corrected chi connectivity index (χ3v) is 9.86. The van der Waals surface area contributed by atoms with E-state index in [9.17, 15) is 4.39 Å². The van der Waals surface area contributed by atoms with Crippen molar-refractivity contribution in [2.24, 2.45) is 5.92 Å². The number of nitrogens with zero attached hydrogens (tertiary/aromatic N) is 5. The summed E-state index contributed by atoms with van der Waals surface area (Å²) in [7, 11) is 1.75. The number of benzene rings is 2. The van der Waals surface area contributed by atoms with Crippen molar-refractivity contribution in [2.75, 3.05) is 44.9 Å². The first-order valence-corrected chi connectivity index (χ1v) is 15.6. The number of rotatable bonds is 7. The van der Waals surface area contributed by atoms with Crippen LogP contribution in [-0.4, -0.2) is 71.4 Å². The molecule has 2 unspecified atom stereocenters. The van der Waals surface area contributed by atoms with Crippen molar-refractivity contribution >= 4 is 27.5 Å². The fraction of sp³-hybridized carbons (Fsp3) is 0.457. The van der Waals surface area contributed by atoms with Gasteiger partial charge in [-0.05, 0) is 62.4 Å². The van der Waals surface area contributed by atoms with Crippen LogP contribution in [0.5, 0.6) is 6.01 Å². The molecule has 5 heterocycles. The molecule has 3 aliphatic heterocycles. The van der Waals surface area contributed by atoms with Crippen molar-refractivity contribution in [3.63, 3.8) is 0 Å². The number of methoxy groups -OCH3 is 1. The van der Waals surface area contributed by atoms with Gasteiger partial charge in [0.2, 0.25) is 0 Å². The monoisotopic (exact) mass is 597 g/mol. The van der Waals surface area contributed by atoms with Crippen LogP contribution in [0.3, 0.4) is 0 Å². The number of halogens is 2. The van der Waals surface area contributed by atoms with Crippen LogP contribution in [0.4, 0.5) is 14.6 Å². The van der Waals surface area contributed by atoms with E-state index in [2.05, 4.69) is 32.6 Å². The van der Waals surface area contributed by atoms with E-state index in [0.717, 1.165) is 58.2 Å². The normalized spacial score (nSPS) is 23.8. The summed E-state index contributed by atoms with van der Waals surface area (Å²) >= 11 is 0. The largest absolute Gasteiger partial charge is 0.461 e. The second kappa shape index (κ2) is 11.6. The van der Waals surface area contributed by atoms with Gasteiger partial charge < -0.3 is 14.4 Å². The maximum Gasteiger partial charge on any atom is 0.319 e. The van der Waals surface area contributed by atoms with Crippen molar-refractivity contribution < 1.29 is 18.3 Å². The maximum atomic E-state index is 16.7. The molecule has 0 N–H and O–H groups in total. The average molecular weight is 598 g/mol. The Balaban J connectivity index is 1.33. The topological polar surface area (TPSA) is 63.6 Å². The number of anilines is 1. The molecule has 4 aromatic rings. The van der Waals surface area contributed by atoms with Gasteiger partial charge >= 0.3 is 6.01 Å². The Morgan fingerprint density at radius 1 is 1.09 bits per heavy atom. The number of aromatic nitrogens is 3. The van der Waals surface area contributed by atoms with E-state index in [0.29, 0.717) is 52.7 Å². The van der Waals surface area contributed by atoms with Gasteiger partial charge in [-0.3, -0.25) is 9.88 Å². The molecule has 3 saturated heterocycles. The quantitative estimate of drug-likeness (QED) is 0.230. The number of hydrogen-bond acceptors (Lipinski definition) is 7. The maximum absolute atomic E-state index is 16.7. The number of piperidine rings is 1. The van der Waals surface area contributed by atoms with E-state index in [1.54, 1.807) is 31.5 Å². The average Bonchev–Trinajstić information content (AvgIpc) is 3.60. The van der Waals surface area contributed by atoms with Crippen molar-refractivity contribution in [3.8, 4) is 29.6 Å². The number of fused-ring (bicyclic) bond motifs is 3. The molecular weight excluding hydrogens is 560 g/mol. The number of ether oxygens (including phenoxy) is 2. The molecule has 9 heteroatoms. The fourth-order valence-electron chi connectivity index (χ4n) is 7.77. The van der Waals surface area contributed by atoms with E-state index in [4.69, 9.17) is 20.9 Å². The molecule has 0 aliphatic carbocycles. The van der Waals surface area contributed by atoms with Gasteiger partial charge in [-0.1, -0.05) is 37.1 Å². The third kappa shape index (κ3) is 4.85. The van der Waals surface area contributed by atoms with Crippen LogP contribution in [-0.2, 0) is 4.74 Å². The predicted octanol–water partition coefficient (Wildman–Crippen LogP) is 6.36. The summed E-state index contributed by atoms with van der Waals surface area (Å²) in [6, 6.07) is 8.85. The van der Waals surface area contributed by atoms with Crippen LogP contribution in [0.2, 0.25) is 0 Å². The SMILES string of the molecule is C#Cc1c(F)ccc2cccc(-c3ncc4c(N5CCCC(C)C5)nc(OCC56CCCN5[C@@H](COC)CC6)nc4c3F)c12. The zero-order chi connectivity index (χ0) is 30.4. The van der Waals surface area contributed by atoms with Gasteiger partial charge in [-0.15, -0.1) is 6.42 Å². The van der Waals surface area contributed by atoms with E-state index < -0.39 is 11.6 Å². The van der Waals surface area contributed by atoms with Crippen LogP contribution in [0.1, 0.15) is 51.0 Å². The van der Waals surface area contributed by atoms with E-state index in [1.165, 1.54) is 6.07 Å². The Morgan fingerprint density at radius 3 is 2.80 bits per heavy atom. The Bertz CT molecular complexity index is 1770. The molecule has 7 rings (SSSR count). The van der Waals surface area contributed by atoms with Gasteiger partial charge in [0, 0.05) is 43.4 Å². The molecule has 0 spiro atoms. The van der Waals surface area contributed by atoms with Gasteiger partial charge in [0.15, 0.2) is 5.82 Å². The van der Waals surface area contributed by atoms with Crippen LogP contribution in [0.15, 0.2) is 36.5 Å². The molecule has 0 amide bonds. The van der Waals surface area contributed by atoms with Crippen molar-refractivity contribution in [2.45, 2.75) is 57.0 Å². The van der Waals surface area contributed by atoms with Gasteiger partial charge in [-0.2, -0.15) is 9.97 Å². The molecule has 2 aromatic carbocycles. The van der Waals surface area contributed by atoms with Gasteiger partial charge in [-0.25, -0.2) is 8.78 Å². The predicted molar refractivity (Wildman–Crippen MR) is 168 cm³/mol. The van der Waals surface area contributed by atoms with Crippen LogP contribution < -0.4 is 9.64 Å². The van der Waals surface area contributed by atoms with Gasteiger partial charge in [0.25, 0.3) is 0 Å². The van der Waals surface area contributed by atoms with Gasteiger partial charge in [0.05, 0.1) is 23.1 Å². The lowest BCUT2D eigenvalue weighted by atomic mass is 9.95. The summed E-state index contributed by atoms with van der Waals surface area (Å²) in [5, 5.41) is 1.68. The Morgan fingerprint density at radius 2 is 1.98 bits per heavy atom. The Hall–Kier alpha value is -3.87. The van der Waals surface area contributed by atoms with E-state index >= 15 is 4.39 Å². The van der Waals surface area contributed by atoms with Crippen molar-refractivity contribution in [1.82, 2.24) is 19.9 Å². The molecule has 7 nitrogen and oxygen atoms in total. The smallest absolute Gasteiger partial charge is 0.319 e. The lowest BCUT2D eigenvalue weighted by Crippen LogP contribution is -2.47. The fourth-order valence-corrected chi connectivity index (χ4v) is 7.77. The zero-order valence-electron chi connectivity index (χ0n) is 25.3. The minimum atomic E-state index is -0.609. The van der Waals surface area contributed by atoms with E-state index in [1.807, 2.05) is 6.07 Å². The van der Waals surface area contributed by atoms with Crippen LogP contribution in [0, 0.1) is 29.9 Å². The summed E-state index contributed by atoms with van der Waals surface area (Å²) in [5.41, 5.74) is 0.596. The molecule has 3 atom stereocenters. The lowest BCUT2D eigenvalue weighted by molar-refractivity contribution is 0.0521. The summed E-state index contributed by atoms with van der Waals surface area (Å²) in [5.74, 6) is 2.42. The van der Waals surface area contributed by atoms with E-state index in [-0.39, 0.29) is 28.3 Å². The molecule has 3 fully saturated rings. The summed E-state index contributed by atoms with van der Waals surface area (Å²) in [4.78, 5) is 18.9. The van der Waals surface area contributed by atoms with Crippen molar-refractivity contribution in [1.29, 1.82) is 0 Å².